The maximum atomic E-state index is 13.0. The van der Waals surface area contributed by atoms with Crippen LogP contribution >= 0.6 is 0 Å². The van der Waals surface area contributed by atoms with E-state index < -0.39 is 11.9 Å². The van der Waals surface area contributed by atoms with Gasteiger partial charge in [0.1, 0.15) is 28.6 Å². The molecule has 0 aliphatic rings. The number of ether oxygens (including phenoxy) is 5. The number of rotatable bonds is 9. The number of benzene rings is 3. The average molecular weight is 436 g/mol. The van der Waals surface area contributed by atoms with Crippen molar-refractivity contribution in [2.24, 2.45) is 0 Å². The third-order valence-corrected chi connectivity index (χ3v) is 5.11. The van der Waals surface area contributed by atoms with Gasteiger partial charge in [-0.25, -0.2) is 0 Å². The largest absolute Gasteiger partial charge is 0.468 e. The minimum Gasteiger partial charge on any atom is -0.468 e. The molecule has 0 aliphatic heterocycles. The van der Waals surface area contributed by atoms with E-state index in [-0.39, 0.29) is 13.6 Å². The van der Waals surface area contributed by atoms with Gasteiger partial charge in [0.05, 0.1) is 7.11 Å². The molecule has 3 aromatic carbocycles. The maximum Gasteiger partial charge on any atom is 0.317 e. The summed E-state index contributed by atoms with van der Waals surface area (Å²) in [4.78, 5) is 13.0. The normalized spacial score (nSPS) is 12.1. The highest BCUT2D eigenvalue weighted by Gasteiger charge is 2.28. The van der Waals surface area contributed by atoms with Crippen LogP contribution in [0.15, 0.2) is 65.1 Å². The summed E-state index contributed by atoms with van der Waals surface area (Å²) in [5, 5.41) is 1.91. The summed E-state index contributed by atoms with van der Waals surface area (Å²) >= 11 is 0. The fourth-order valence-electron chi connectivity index (χ4n) is 3.74. The SMILES string of the molecule is COCOc1cc(OCOC)cc(C(C(=O)OC)c2cccc3c2oc2ccccc23)c1. The van der Waals surface area contributed by atoms with Crippen LogP contribution in [0.25, 0.3) is 21.9 Å². The van der Waals surface area contributed by atoms with E-state index in [1.54, 1.807) is 18.2 Å². The number of hydrogen-bond donors (Lipinski definition) is 0. The summed E-state index contributed by atoms with van der Waals surface area (Å²) in [5.74, 6) is -0.220. The number of carbonyl (C=O) groups excluding carboxylic acids is 1. The molecule has 32 heavy (non-hydrogen) atoms. The zero-order valence-electron chi connectivity index (χ0n) is 18.1. The Hall–Kier alpha value is -3.55. The molecule has 4 rings (SSSR count). The van der Waals surface area contributed by atoms with Crippen LogP contribution in [0.1, 0.15) is 17.0 Å². The predicted molar refractivity (Wildman–Crippen MR) is 119 cm³/mol. The van der Waals surface area contributed by atoms with Crippen molar-refractivity contribution in [2.45, 2.75) is 5.92 Å². The van der Waals surface area contributed by atoms with E-state index >= 15 is 0 Å². The molecule has 1 atom stereocenters. The molecule has 0 fully saturated rings. The van der Waals surface area contributed by atoms with E-state index in [2.05, 4.69) is 0 Å². The Kier molecular flexibility index (Phi) is 6.58. The van der Waals surface area contributed by atoms with Crippen LogP contribution in [0.4, 0.5) is 0 Å². The van der Waals surface area contributed by atoms with Crippen LogP contribution in [0.2, 0.25) is 0 Å². The Balaban J connectivity index is 1.89. The van der Waals surface area contributed by atoms with E-state index in [1.165, 1.54) is 21.3 Å². The maximum absolute atomic E-state index is 13.0. The van der Waals surface area contributed by atoms with E-state index in [9.17, 15) is 4.79 Å². The van der Waals surface area contributed by atoms with Crippen molar-refractivity contribution in [3.63, 3.8) is 0 Å². The molecule has 0 saturated heterocycles. The molecule has 0 bridgehead atoms. The van der Waals surface area contributed by atoms with Crippen LogP contribution < -0.4 is 9.47 Å². The van der Waals surface area contributed by atoms with Crippen LogP contribution in [0, 0.1) is 0 Å². The van der Waals surface area contributed by atoms with Crippen molar-refractivity contribution in [3.8, 4) is 11.5 Å². The summed E-state index contributed by atoms with van der Waals surface area (Å²) in [6, 6.07) is 18.8. The molecule has 0 spiro atoms. The van der Waals surface area contributed by atoms with Crippen molar-refractivity contribution in [3.05, 3.63) is 71.8 Å². The highest BCUT2D eigenvalue weighted by molar-refractivity contribution is 6.07. The summed E-state index contributed by atoms with van der Waals surface area (Å²) in [6.45, 7) is 0.102. The van der Waals surface area contributed by atoms with Crippen LogP contribution in [-0.2, 0) is 19.0 Å². The molecule has 1 heterocycles. The number of carbonyl (C=O) groups is 1. The van der Waals surface area contributed by atoms with Crippen molar-refractivity contribution < 1.29 is 32.9 Å². The summed E-state index contributed by atoms with van der Waals surface area (Å²) in [6.07, 6.45) is 0. The minimum absolute atomic E-state index is 0.0508. The number of furan rings is 1. The molecular weight excluding hydrogens is 412 g/mol. The summed E-state index contributed by atoms with van der Waals surface area (Å²) < 4.78 is 32.6. The Bertz CT molecular complexity index is 1200. The zero-order chi connectivity index (χ0) is 22.5. The molecule has 7 nitrogen and oxygen atoms in total. The third kappa shape index (κ3) is 4.26. The monoisotopic (exact) mass is 436 g/mol. The molecular formula is C25H24O7. The lowest BCUT2D eigenvalue weighted by molar-refractivity contribution is -0.141. The van der Waals surface area contributed by atoms with Gasteiger partial charge in [0.15, 0.2) is 13.6 Å². The van der Waals surface area contributed by atoms with Gasteiger partial charge in [-0.3, -0.25) is 4.79 Å². The standard InChI is InChI=1S/C25H24O7/c1-27-14-30-17-11-16(12-18(13-17)31-15-28-2)23(25(26)29-3)21-9-6-8-20-19-7-4-5-10-22(19)32-24(20)21/h4-13,23H,14-15H2,1-3H3. The third-order valence-electron chi connectivity index (χ3n) is 5.11. The topological polar surface area (TPSA) is 76.4 Å². The number of para-hydroxylation sites is 2. The van der Waals surface area contributed by atoms with Gasteiger partial charge in [0, 0.05) is 36.6 Å². The second-order valence-electron chi connectivity index (χ2n) is 7.12. The molecule has 1 unspecified atom stereocenters. The lowest BCUT2D eigenvalue weighted by Gasteiger charge is -2.18. The lowest BCUT2D eigenvalue weighted by atomic mass is 9.89. The number of methoxy groups -OCH3 is 3. The van der Waals surface area contributed by atoms with Crippen molar-refractivity contribution in [1.29, 1.82) is 0 Å². The van der Waals surface area contributed by atoms with E-state index in [0.717, 1.165) is 16.4 Å². The van der Waals surface area contributed by atoms with E-state index in [1.807, 2.05) is 42.5 Å². The average Bonchev–Trinajstić information content (AvgIpc) is 3.21. The van der Waals surface area contributed by atoms with Gasteiger partial charge in [0.2, 0.25) is 0 Å². The Morgan fingerprint density at radius 2 is 1.50 bits per heavy atom. The Morgan fingerprint density at radius 1 is 0.844 bits per heavy atom. The molecule has 0 radical (unpaired) electrons. The fraction of sp³-hybridized carbons (Fsp3) is 0.240. The number of fused-ring (bicyclic) bond motifs is 3. The predicted octanol–water partition coefficient (Wildman–Crippen LogP) is 4.86. The second kappa shape index (κ2) is 9.72. The van der Waals surface area contributed by atoms with Crippen molar-refractivity contribution in [1.82, 2.24) is 0 Å². The minimum atomic E-state index is -0.764. The molecule has 166 valence electrons. The second-order valence-corrected chi connectivity index (χ2v) is 7.12. The lowest BCUT2D eigenvalue weighted by Crippen LogP contribution is -2.16. The van der Waals surface area contributed by atoms with Gasteiger partial charge < -0.3 is 28.1 Å². The first-order chi connectivity index (χ1) is 15.7. The molecule has 4 aromatic rings. The molecule has 0 saturated carbocycles. The van der Waals surface area contributed by atoms with Gasteiger partial charge in [-0.1, -0.05) is 36.4 Å². The van der Waals surface area contributed by atoms with Gasteiger partial charge in [-0.15, -0.1) is 0 Å². The number of hydrogen-bond acceptors (Lipinski definition) is 7. The quantitative estimate of drug-likeness (QED) is 0.274. The summed E-state index contributed by atoms with van der Waals surface area (Å²) in [7, 11) is 4.43. The van der Waals surface area contributed by atoms with Gasteiger partial charge in [0.25, 0.3) is 0 Å². The Morgan fingerprint density at radius 3 is 2.16 bits per heavy atom. The first-order valence-corrected chi connectivity index (χ1v) is 10.0. The van der Waals surface area contributed by atoms with E-state index in [0.29, 0.717) is 28.2 Å². The van der Waals surface area contributed by atoms with Crippen LogP contribution in [0.5, 0.6) is 11.5 Å². The molecule has 7 heteroatoms. The first kappa shape index (κ1) is 21.7. The van der Waals surface area contributed by atoms with Crippen molar-refractivity contribution >= 4 is 27.9 Å². The van der Waals surface area contributed by atoms with Crippen LogP contribution in [0.3, 0.4) is 0 Å². The molecule has 1 aromatic heterocycles. The molecule has 0 N–H and O–H groups in total. The highest BCUT2D eigenvalue weighted by Crippen LogP contribution is 2.39. The molecule has 0 aliphatic carbocycles. The summed E-state index contributed by atoms with van der Waals surface area (Å²) in [5.41, 5.74) is 2.70. The molecule has 0 amide bonds. The smallest absolute Gasteiger partial charge is 0.317 e. The van der Waals surface area contributed by atoms with Gasteiger partial charge in [-0.05, 0) is 23.8 Å². The Labute approximate surface area is 185 Å². The number of esters is 1. The zero-order valence-corrected chi connectivity index (χ0v) is 18.1. The van der Waals surface area contributed by atoms with Gasteiger partial charge >= 0.3 is 5.97 Å². The van der Waals surface area contributed by atoms with Gasteiger partial charge in [-0.2, -0.15) is 0 Å². The van der Waals surface area contributed by atoms with E-state index in [4.69, 9.17) is 28.1 Å². The van der Waals surface area contributed by atoms with Crippen LogP contribution in [-0.4, -0.2) is 40.9 Å². The first-order valence-electron chi connectivity index (χ1n) is 10.0. The highest BCUT2D eigenvalue weighted by atomic mass is 16.7. The van der Waals surface area contributed by atoms with Crippen molar-refractivity contribution in [2.75, 3.05) is 34.9 Å². The fourth-order valence-corrected chi connectivity index (χ4v) is 3.74.